The molecule has 0 saturated carbocycles. The minimum absolute atomic E-state index is 0.160. The summed E-state index contributed by atoms with van der Waals surface area (Å²) in [4.78, 5) is 33.9. The molecule has 0 aliphatic carbocycles. The van der Waals surface area contributed by atoms with E-state index in [-0.39, 0.29) is 22.6 Å². The molecule has 2 rings (SSSR count). The first-order valence-electron chi connectivity index (χ1n) is 8.89. The van der Waals surface area contributed by atoms with E-state index in [1.807, 2.05) is 6.92 Å². The number of hydrogen-bond acceptors (Lipinski definition) is 7. The van der Waals surface area contributed by atoms with Gasteiger partial charge in [-0.15, -0.1) is 0 Å². The van der Waals surface area contributed by atoms with Gasteiger partial charge in [-0.25, -0.2) is 4.79 Å². The van der Waals surface area contributed by atoms with Crippen LogP contribution in [0.25, 0.3) is 0 Å². The molecule has 30 heavy (non-hydrogen) atoms. The number of nitro benzene ring substituents is 2. The van der Waals surface area contributed by atoms with E-state index in [1.54, 1.807) is 39.0 Å². The van der Waals surface area contributed by atoms with Crippen molar-refractivity contribution in [1.29, 1.82) is 0 Å². The molecule has 160 valence electrons. The average molecular weight is 437 g/mol. The van der Waals surface area contributed by atoms with Crippen LogP contribution in [0, 0.1) is 34.1 Å². The normalized spacial score (nSPS) is 11.1. The molecule has 0 unspecified atom stereocenters. The molecule has 10 heteroatoms. The summed E-state index contributed by atoms with van der Waals surface area (Å²) >= 11 is 6.06. The highest BCUT2D eigenvalue weighted by Crippen LogP contribution is 2.44. The number of carbonyl (C=O) groups is 1. The number of hydrogen-bond donors (Lipinski definition) is 0. The fourth-order valence-corrected chi connectivity index (χ4v) is 3.09. The van der Waals surface area contributed by atoms with Crippen molar-refractivity contribution in [1.82, 2.24) is 0 Å². The fraction of sp³-hybridized carbons (Fsp3) is 0.350. The number of esters is 1. The first kappa shape index (κ1) is 23.1. The molecule has 0 aliphatic heterocycles. The van der Waals surface area contributed by atoms with E-state index in [9.17, 15) is 25.0 Å². The number of nitrogens with zero attached hydrogens (tertiary/aromatic N) is 2. The van der Waals surface area contributed by atoms with Crippen LogP contribution in [0.4, 0.5) is 11.4 Å². The van der Waals surface area contributed by atoms with Crippen LogP contribution >= 0.6 is 11.6 Å². The van der Waals surface area contributed by atoms with Gasteiger partial charge in [0.05, 0.1) is 14.9 Å². The molecular weight excluding hydrogens is 416 g/mol. The lowest BCUT2D eigenvalue weighted by atomic mass is 9.84. The van der Waals surface area contributed by atoms with Crippen molar-refractivity contribution in [2.24, 2.45) is 0 Å². The van der Waals surface area contributed by atoms with Gasteiger partial charge < -0.3 is 9.47 Å². The summed E-state index contributed by atoms with van der Waals surface area (Å²) in [6.07, 6.45) is 0. The van der Waals surface area contributed by atoms with Crippen molar-refractivity contribution in [2.75, 3.05) is 6.61 Å². The Bertz CT molecular complexity index is 1030. The van der Waals surface area contributed by atoms with Gasteiger partial charge in [0.25, 0.3) is 5.69 Å². The first-order valence-corrected chi connectivity index (χ1v) is 9.27. The van der Waals surface area contributed by atoms with Crippen molar-refractivity contribution in [2.45, 2.75) is 40.0 Å². The van der Waals surface area contributed by atoms with E-state index in [2.05, 4.69) is 0 Å². The number of halogens is 1. The fourth-order valence-electron chi connectivity index (χ4n) is 2.80. The molecule has 0 N–H and O–H groups in total. The quantitative estimate of drug-likeness (QED) is 0.268. The van der Waals surface area contributed by atoms with E-state index >= 15 is 0 Å². The van der Waals surface area contributed by atoms with Crippen LogP contribution in [0.3, 0.4) is 0 Å². The van der Waals surface area contributed by atoms with E-state index in [4.69, 9.17) is 21.1 Å². The molecule has 0 atom stereocenters. The summed E-state index contributed by atoms with van der Waals surface area (Å²) in [6, 6.07) is 6.19. The van der Waals surface area contributed by atoms with Crippen molar-refractivity contribution in [3.05, 3.63) is 66.2 Å². The Labute approximate surface area is 177 Å². The lowest BCUT2D eigenvalue weighted by Gasteiger charge is -2.22. The number of rotatable bonds is 6. The third kappa shape index (κ3) is 5.04. The Morgan fingerprint density at radius 1 is 1.10 bits per heavy atom. The van der Waals surface area contributed by atoms with Crippen LogP contribution < -0.4 is 9.47 Å². The molecular formula is C20H21ClN2O7. The van der Waals surface area contributed by atoms with Gasteiger partial charge >= 0.3 is 11.7 Å². The predicted molar refractivity (Wildman–Crippen MR) is 111 cm³/mol. The smallest absolute Gasteiger partial charge is 0.349 e. The van der Waals surface area contributed by atoms with E-state index in [1.165, 1.54) is 13.0 Å². The molecule has 0 aliphatic rings. The summed E-state index contributed by atoms with van der Waals surface area (Å²) in [5.41, 5.74) is -0.969. The highest BCUT2D eigenvalue weighted by Gasteiger charge is 2.35. The summed E-state index contributed by atoms with van der Waals surface area (Å²) in [7, 11) is 0. The van der Waals surface area contributed by atoms with Crippen LogP contribution in [0.1, 0.15) is 37.5 Å². The van der Waals surface area contributed by atoms with Crippen LogP contribution in [0.5, 0.6) is 11.5 Å². The third-order valence-corrected chi connectivity index (χ3v) is 4.61. The maximum Gasteiger partial charge on any atom is 0.349 e. The second kappa shape index (κ2) is 8.66. The van der Waals surface area contributed by atoms with Crippen molar-refractivity contribution in [3.8, 4) is 11.5 Å². The Kier molecular flexibility index (Phi) is 6.66. The van der Waals surface area contributed by atoms with Crippen molar-refractivity contribution < 1.29 is 24.1 Å². The van der Waals surface area contributed by atoms with Crippen molar-refractivity contribution >= 4 is 28.9 Å². The Balaban J connectivity index is 2.43. The molecule has 2 aromatic carbocycles. The van der Waals surface area contributed by atoms with Gasteiger partial charge in [-0.2, -0.15) is 0 Å². The molecule has 2 aromatic rings. The average Bonchev–Trinajstić information content (AvgIpc) is 2.59. The monoisotopic (exact) mass is 436 g/mol. The van der Waals surface area contributed by atoms with Gasteiger partial charge in [0, 0.05) is 11.6 Å². The molecule has 0 fully saturated rings. The minimum Gasteiger partial charge on any atom is -0.480 e. The predicted octanol–water partition coefficient (Wildman–Crippen LogP) is 5.06. The molecule has 0 amide bonds. The van der Waals surface area contributed by atoms with Crippen LogP contribution in [0.2, 0.25) is 5.02 Å². The largest absolute Gasteiger partial charge is 0.480 e. The number of nitro groups is 2. The molecule has 0 aromatic heterocycles. The molecule has 9 nitrogen and oxygen atoms in total. The Morgan fingerprint density at radius 3 is 2.23 bits per heavy atom. The maximum absolute atomic E-state index is 12.4. The SMILES string of the molecule is Cc1ccc(OCC(=O)Oc2c(C(C)(C)C)cc([N+](=O)[O-])c(C)c2[N+](=O)[O-])c(Cl)c1. The molecule has 0 radical (unpaired) electrons. The van der Waals surface area contributed by atoms with Gasteiger partial charge in [-0.1, -0.05) is 38.4 Å². The van der Waals surface area contributed by atoms with Crippen molar-refractivity contribution in [3.63, 3.8) is 0 Å². The summed E-state index contributed by atoms with van der Waals surface area (Å²) in [5, 5.41) is 23.3. The first-order chi connectivity index (χ1) is 13.8. The number of benzene rings is 2. The van der Waals surface area contributed by atoms with Crippen LogP contribution in [-0.4, -0.2) is 22.4 Å². The van der Waals surface area contributed by atoms with Gasteiger partial charge in [0.2, 0.25) is 5.75 Å². The summed E-state index contributed by atoms with van der Waals surface area (Å²) in [5.74, 6) is -0.989. The standard InChI is InChI=1S/C20H21ClN2O7/c1-11-6-7-16(14(21)8-11)29-10-17(24)30-19-13(20(3,4)5)9-15(22(25)26)12(2)18(19)23(27)28/h6-9H,10H2,1-5H3. The van der Waals surface area contributed by atoms with Crippen LogP contribution in [0.15, 0.2) is 24.3 Å². The maximum atomic E-state index is 12.4. The number of carbonyl (C=O) groups excluding carboxylic acids is 1. The Morgan fingerprint density at radius 2 is 1.73 bits per heavy atom. The van der Waals surface area contributed by atoms with E-state index in [0.29, 0.717) is 5.02 Å². The van der Waals surface area contributed by atoms with E-state index in [0.717, 1.165) is 5.56 Å². The highest BCUT2D eigenvalue weighted by molar-refractivity contribution is 6.32. The molecule has 0 spiro atoms. The van der Waals surface area contributed by atoms with E-state index < -0.39 is 39.2 Å². The van der Waals surface area contributed by atoms with Crippen LogP contribution in [-0.2, 0) is 10.2 Å². The minimum atomic E-state index is -0.909. The zero-order valence-corrected chi connectivity index (χ0v) is 17.9. The second-order valence-corrected chi connectivity index (χ2v) is 8.11. The van der Waals surface area contributed by atoms with Gasteiger partial charge in [-0.05, 0) is 37.0 Å². The lowest BCUT2D eigenvalue weighted by Crippen LogP contribution is -2.22. The highest BCUT2D eigenvalue weighted by atomic mass is 35.5. The van der Waals surface area contributed by atoms with Gasteiger partial charge in [0.15, 0.2) is 6.61 Å². The molecule has 0 saturated heterocycles. The topological polar surface area (TPSA) is 122 Å². The number of aryl methyl sites for hydroxylation is 1. The third-order valence-electron chi connectivity index (χ3n) is 4.32. The number of ether oxygens (including phenoxy) is 2. The lowest BCUT2D eigenvalue weighted by molar-refractivity contribution is -0.395. The zero-order chi connectivity index (χ0) is 22.8. The Hall–Kier alpha value is -3.20. The molecule has 0 bridgehead atoms. The zero-order valence-electron chi connectivity index (χ0n) is 17.1. The summed E-state index contributed by atoms with van der Waals surface area (Å²) in [6.45, 7) is 7.62. The van der Waals surface area contributed by atoms with Gasteiger partial charge in [0.1, 0.15) is 11.3 Å². The molecule has 0 heterocycles. The second-order valence-electron chi connectivity index (χ2n) is 7.71. The summed E-state index contributed by atoms with van der Waals surface area (Å²) < 4.78 is 10.7. The van der Waals surface area contributed by atoms with Gasteiger partial charge in [-0.3, -0.25) is 20.2 Å².